The van der Waals surface area contributed by atoms with E-state index in [4.69, 9.17) is 5.73 Å². The number of fused-ring (bicyclic) bond motifs is 1. The van der Waals surface area contributed by atoms with Gasteiger partial charge in [0, 0.05) is 11.1 Å². The molecule has 70 valence electrons. The molecule has 1 aliphatic carbocycles. The first-order valence-corrected chi connectivity index (χ1v) is 5.13. The highest BCUT2D eigenvalue weighted by molar-refractivity contribution is 5.95. The standard InChI is InChI=1S/C13H13N/c14-13-8-7-10(9-5-6-9)11-3-1-2-4-12(11)13/h1-4,7-9H,5-6,14H2. The molecule has 1 nitrogen and oxygen atoms in total. The number of anilines is 1. The fourth-order valence-corrected chi connectivity index (χ4v) is 2.10. The predicted octanol–water partition coefficient (Wildman–Crippen LogP) is 3.30. The molecule has 0 bridgehead atoms. The van der Waals surface area contributed by atoms with Crippen LogP contribution in [0.15, 0.2) is 36.4 Å². The van der Waals surface area contributed by atoms with E-state index in [2.05, 4.69) is 30.3 Å². The van der Waals surface area contributed by atoms with E-state index >= 15 is 0 Å². The number of nitrogens with two attached hydrogens (primary N) is 1. The maximum atomic E-state index is 5.95. The van der Waals surface area contributed by atoms with Crippen LogP contribution in [0.2, 0.25) is 0 Å². The van der Waals surface area contributed by atoms with E-state index in [1.807, 2.05) is 6.07 Å². The van der Waals surface area contributed by atoms with Gasteiger partial charge in [0.25, 0.3) is 0 Å². The second kappa shape index (κ2) is 2.74. The normalized spacial score (nSPS) is 16.0. The molecule has 0 aliphatic heterocycles. The zero-order valence-electron chi connectivity index (χ0n) is 8.03. The minimum atomic E-state index is 0.792. The lowest BCUT2D eigenvalue weighted by atomic mass is 10.00. The summed E-state index contributed by atoms with van der Waals surface area (Å²) in [5.41, 5.74) is 8.32. The summed E-state index contributed by atoms with van der Waals surface area (Å²) in [6.07, 6.45) is 2.68. The Labute approximate surface area is 83.5 Å². The molecule has 0 aromatic heterocycles. The topological polar surface area (TPSA) is 26.0 Å². The zero-order chi connectivity index (χ0) is 9.54. The number of rotatable bonds is 1. The Morgan fingerprint density at radius 1 is 0.929 bits per heavy atom. The van der Waals surface area contributed by atoms with E-state index in [1.54, 1.807) is 0 Å². The fourth-order valence-electron chi connectivity index (χ4n) is 2.10. The summed E-state index contributed by atoms with van der Waals surface area (Å²) in [5.74, 6) is 0.792. The number of nitrogen functional groups attached to an aromatic ring is 1. The third-order valence-electron chi connectivity index (χ3n) is 3.01. The van der Waals surface area contributed by atoms with Gasteiger partial charge in [-0.25, -0.2) is 0 Å². The summed E-state index contributed by atoms with van der Waals surface area (Å²) in [4.78, 5) is 0. The van der Waals surface area contributed by atoms with Crippen LogP contribution in [-0.2, 0) is 0 Å². The van der Waals surface area contributed by atoms with E-state index in [1.165, 1.54) is 29.2 Å². The Bertz CT molecular complexity index is 484. The summed E-state index contributed by atoms with van der Waals surface area (Å²) in [7, 11) is 0. The third kappa shape index (κ3) is 1.09. The first-order chi connectivity index (χ1) is 6.86. The lowest BCUT2D eigenvalue weighted by molar-refractivity contribution is 1.15. The van der Waals surface area contributed by atoms with E-state index in [-0.39, 0.29) is 0 Å². The minimum Gasteiger partial charge on any atom is -0.398 e. The molecule has 1 fully saturated rings. The molecule has 14 heavy (non-hydrogen) atoms. The van der Waals surface area contributed by atoms with E-state index in [0.29, 0.717) is 0 Å². The van der Waals surface area contributed by atoms with Gasteiger partial charge in [-0.15, -0.1) is 0 Å². The monoisotopic (exact) mass is 183 g/mol. The second-order valence-electron chi connectivity index (χ2n) is 4.06. The summed E-state index contributed by atoms with van der Waals surface area (Å²) in [6, 6.07) is 12.7. The third-order valence-corrected chi connectivity index (χ3v) is 3.01. The van der Waals surface area contributed by atoms with Crippen LogP contribution < -0.4 is 5.73 Å². The molecule has 1 aliphatic rings. The number of hydrogen-bond acceptors (Lipinski definition) is 1. The predicted molar refractivity (Wildman–Crippen MR) is 60.3 cm³/mol. The summed E-state index contributed by atoms with van der Waals surface area (Å²) >= 11 is 0. The van der Waals surface area contributed by atoms with Crippen LogP contribution in [0.4, 0.5) is 5.69 Å². The fraction of sp³-hybridized carbons (Fsp3) is 0.231. The Morgan fingerprint density at radius 2 is 1.64 bits per heavy atom. The van der Waals surface area contributed by atoms with Gasteiger partial charge in [-0.05, 0) is 35.8 Å². The van der Waals surface area contributed by atoms with Crippen molar-refractivity contribution in [3.63, 3.8) is 0 Å². The molecule has 0 heterocycles. The molecule has 3 rings (SSSR count). The van der Waals surface area contributed by atoms with Crippen LogP contribution in [0, 0.1) is 0 Å². The van der Waals surface area contributed by atoms with Gasteiger partial charge in [-0.3, -0.25) is 0 Å². The highest BCUT2D eigenvalue weighted by Crippen LogP contribution is 2.43. The van der Waals surface area contributed by atoms with Gasteiger partial charge in [0.1, 0.15) is 0 Å². The zero-order valence-corrected chi connectivity index (χ0v) is 8.03. The SMILES string of the molecule is Nc1ccc(C2CC2)c2ccccc12. The molecule has 2 N–H and O–H groups in total. The van der Waals surface area contributed by atoms with Gasteiger partial charge < -0.3 is 5.73 Å². The molecule has 0 unspecified atom stereocenters. The molecule has 1 saturated carbocycles. The first kappa shape index (κ1) is 7.86. The second-order valence-corrected chi connectivity index (χ2v) is 4.06. The first-order valence-electron chi connectivity index (χ1n) is 5.13. The van der Waals surface area contributed by atoms with Gasteiger partial charge in [0.2, 0.25) is 0 Å². The van der Waals surface area contributed by atoms with E-state index in [9.17, 15) is 0 Å². The number of benzene rings is 2. The Kier molecular flexibility index (Phi) is 1.54. The van der Waals surface area contributed by atoms with Crippen molar-refractivity contribution in [2.45, 2.75) is 18.8 Å². The van der Waals surface area contributed by atoms with Gasteiger partial charge in [0.15, 0.2) is 0 Å². The molecular weight excluding hydrogens is 170 g/mol. The van der Waals surface area contributed by atoms with Crippen molar-refractivity contribution < 1.29 is 0 Å². The molecule has 0 saturated heterocycles. The largest absolute Gasteiger partial charge is 0.398 e. The molecule has 0 radical (unpaired) electrons. The lowest BCUT2D eigenvalue weighted by Gasteiger charge is -2.07. The molecule has 2 aromatic carbocycles. The van der Waals surface area contributed by atoms with Crippen molar-refractivity contribution in [2.75, 3.05) is 5.73 Å². The van der Waals surface area contributed by atoms with Crippen molar-refractivity contribution in [1.82, 2.24) is 0 Å². The summed E-state index contributed by atoms with van der Waals surface area (Å²) < 4.78 is 0. The average molecular weight is 183 g/mol. The van der Waals surface area contributed by atoms with E-state index in [0.717, 1.165) is 11.6 Å². The van der Waals surface area contributed by atoms with Gasteiger partial charge in [0.05, 0.1) is 0 Å². The van der Waals surface area contributed by atoms with Crippen LogP contribution in [0.25, 0.3) is 10.8 Å². The van der Waals surface area contributed by atoms with E-state index < -0.39 is 0 Å². The highest BCUT2D eigenvalue weighted by Gasteiger charge is 2.25. The molecule has 0 spiro atoms. The van der Waals surface area contributed by atoms with Gasteiger partial charge in [-0.2, -0.15) is 0 Å². The Balaban J connectivity index is 2.35. The molecular formula is C13H13N. The average Bonchev–Trinajstić information content (AvgIpc) is 3.03. The maximum absolute atomic E-state index is 5.95. The van der Waals surface area contributed by atoms with Crippen LogP contribution in [-0.4, -0.2) is 0 Å². The van der Waals surface area contributed by atoms with Crippen molar-refractivity contribution in [2.24, 2.45) is 0 Å². The van der Waals surface area contributed by atoms with Crippen molar-refractivity contribution in [3.8, 4) is 0 Å². The van der Waals surface area contributed by atoms with Crippen molar-refractivity contribution >= 4 is 16.5 Å². The quantitative estimate of drug-likeness (QED) is 0.674. The smallest absolute Gasteiger partial charge is 0.0393 e. The molecule has 2 aromatic rings. The van der Waals surface area contributed by atoms with Crippen molar-refractivity contribution in [3.05, 3.63) is 42.0 Å². The minimum absolute atomic E-state index is 0.792. The maximum Gasteiger partial charge on any atom is 0.0393 e. The summed E-state index contributed by atoms with van der Waals surface area (Å²) in [6.45, 7) is 0. The van der Waals surface area contributed by atoms with Crippen molar-refractivity contribution in [1.29, 1.82) is 0 Å². The van der Waals surface area contributed by atoms with Crippen LogP contribution in [0.5, 0.6) is 0 Å². The summed E-state index contributed by atoms with van der Waals surface area (Å²) in [5, 5.41) is 2.55. The molecule has 0 atom stereocenters. The Hall–Kier alpha value is -1.50. The Morgan fingerprint density at radius 3 is 2.36 bits per heavy atom. The number of hydrogen-bond donors (Lipinski definition) is 1. The molecule has 1 heteroatoms. The van der Waals surface area contributed by atoms with Crippen LogP contribution in [0.3, 0.4) is 0 Å². The van der Waals surface area contributed by atoms with Gasteiger partial charge >= 0.3 is 0 Å². The van der Waals surface area contributed by atoms with Gasteiger partial charge in [-0.1, -0.05) is 30.3 Å². The molecule has 0 amide bonds. The highest BCUT2D eigenvalue weighted by atomic mass is 14.5. The lowest BCUT2D eigenvalue weighted by Crippen LogP contribution is -1.90. The van der Waals surface area contributed by atoms with Crippen LogP contribution >= 0.6 is 0 Å². The van der Waals surface area contributed by atoms with Crippen LogP contribution in [0.1, 0.15) is 24.3 Å².